The summed E-state index contributed by atoms with van der Waals surface area (Å²) in [6.45, 7) is 3.17. The van der Waals surface area contributed by atoms with Crippen LogP contribution in [0.3, 0.4) is 0 Å². The van der Waals surface area contributed by atoms with Crippen LogP contribution in [-0.4, -0.2) is 33.7 Å². The lowest BCUT2D eigenvalue weighted by molar-refractivity contribution is -0.984. The zero-order chi connectivity index (χ0) is 23.7. The lowest BCUT2D eigenvalue weighted by Gasteiger charge is -2.58. The molecular weight excluding hydrogens is 428 g/mol. The van der Waals surface area contributed by atoms with E-state index >= 15 is 0 Å². The van der Waals surface area contributed by atoms with Crippen molar-refractivity contribution < 1.29 is 9.59 Å². The number of aliphatic hydroxyl groups is 1. The Bertz CT molecular complexity index is 1310. The second-order valence-corrected chi connectivity index (χ2v) is 10.4. The van der Waals surface area contributed by atoms with E-state index in [1.54, 1.807) is 0 Å². The number of hydrogen-bond acceptors (Lipinski definition) is 2. The Morgan fingerprint density at radius 2 is 1.66 bits per heavy atom. The molecule has 3 heteroatoms. The number of aliphatic hydroxyl groups excluding tert-OH is 1. The first-order valence-corrected chi connectivity index (χ1v) is 12.9. The second-order valence-electron chi connectivity index (χ2n) is 10.4. The van der Waals surface area contributed by atoms with Crippen LogP contribution in [0.1, 0.15) is 35.6 Å². The zero-order valence-corrected chi connectivity index (χ0v) is 20.1. The third-order valence-electron chi connectivity index (χ3n) is 8.41. The zero-order valence-electron chi connectivity index (χ0n) is 20.1. The summed E-state index contributed by atoms with van der Waals surface area (Å²) in [5.41, 5.74) is 4.60. The van der Waals surface area contributed by atoms with Crippen LogP contribution >= 0.6 is 0 Å². The van der Waals surface area contributed by atoms with E-state index in [2.05, 4.69) is 83.9 Å². The number of para-hydroxylation sites is 1. The van der Waals surface area contributed by atoms with E-state index in [9.17, 15) is 5.11 Å². The number of pyridine rings is 1. The van der Waals surface area contributed by atoms with Gasteiger partial charge >= 0.3 is 0 Å². The molecule has 5 atom stereocenters. The van der Waals surface area contributed by atoms with Gasteiger partial charge in [0.15, 0.2) is 0 Å². The molecule has 176 valence electrons. The van der Waals surface area contributed by atoms with Crippen LogP contribution < -0.4 is 0 Å². The van der Waals surface area contributed by atoms with Gasteiger partial charge in [0.25, 0.3) is 0 Å². The number of hydrogen-bond donors (Lipinski definition) is 1. The highest BCUT2D eigenvalue weighted by molar-refractivity contribution is 5.82. The summed E-state index contributed by atoms with van der Waals surface area (Å²) in [4.78, 5) is 4.54. The monoisotopic (exact) mass is 461 g/mol. The van der Waals surface area contributed by atoms with E-state index in [4.69, 9.17) is 0 Å². The summed E-state index contributed by atoms with van der Waals surface area (Å²) >= 11 is 0. The molecular formula is C32H33N2O+. The molecule has 35 heavy (non-hydrogen) atoms. The highest BCUT2D eigenvalue weighted by atomic mass is 16.3. The van der Waals surface area contributed by atoms with E-state index in [1.165, 1.54) is 17.5 Å². The molecule has 3 fully saturated rings. The van der Waals surface area contributed by atoms with Crippen molar-refractivity contribution in [1.29, 1.82) is 0 Å². The molecule has 0 radical (unpaired) electrons. The van der Waals surface area contributed by atoms with Crippen molar-refractivity contribution in [2.24, 2.45) is 11.8 Å². The summed E-state index contributed by atoms with van der Waals surface area (Å²) in [5, 5.41) is 13.0. The maximum atomic E-state index is 11.9. The minimum atomic E-state index is -0.506. The second kappa shape index (κ2) is 9.41. The molecule has 0 saturated carbocycles. The number of piperidine rings is 3. The fourth-order valence-electron chi connectivity index (χ4n) is 6.66. The molecule has 3 nitrogen and oxygen atoms in total. The van der Waals surface area contributed by atoms with Gasteiger partial charge in [-0.15, -0.1) is 0 Å². The van der Waals surface area contributed by atoms with Gasteiger partial charge in [0.05, 0.1) is 18.6 Å². The first-order chi connectivity index (χ1) is 17.2. The summed E-state index contributed by atoms with van der Waals surface area (Å²) in [6.07, 6.45) is 8.36. The highest BCUT2D eigenvalue weighted by Crippen LogP contribution is 2.48. The van der Waals surface area contributed by atoms with Gasteiger partial charge in [-0.2, -0.15) is 0 Å². The molecule has 0 spiro atoms. The quantitative estimate of drug-likeness (QED) is 0.337. The van der Waals surface area contributed by atoms with Crippen molar-refractivity contribution in [2.75, 3.05) is 13.1 Å². The Kier molecular flexibility index (Phi) is 5.97. The Morgan fingerprint density at radius 3 is 2.49 bits per heavy atom. The van der Waals surface area contributed by atoms with Crippen molar-refractivity contribution in [3.63, 3.8) is 0 Å². The summed E-state index contributed by atoms with van der Waals surface area (Å²) < 4.78 is 0.947. The number of nitrogens with zero attached hydrogens (tertiary/aromatic N) is 2. The minimum Gasteiger partial charge on any atom is -0.382 e. The molecule has 4 heterocycles. The summed E-state index contributed by atoms with van der Waals surface area (Å²) in [6, 6.07) is 31.9. The van der Waals surface area contributed by atoms with Crippen LogP contribution in [0.4, 0.5) is 0 Å². The number of fused-ring (bicyclic) bond motifs is 4. The molecule has 0 amide bonds. The summed E-state index contributed by atoms with van der Waals surface area (Å²) in [5.74, 6) is 1.14. The lowest BCUT2D eigenvalue weighted by Crippen LogP contribution is -2.67. The van der Waals surface area contributed by atoms with Crippen LogP contribution in [0.5, 0.6) is 0 Å². The van der Waals surface area contributed by atoms with Crippen molar-refractivity contribution in [3.8, 4) is 0 Å². The maximum Gasteiger partial charge on any atom is 0.131 e. The van der Waals surface area contributed by atoms with Crippen LogP contribution in [-0.2, 0) is 6.54 Å². The van der Waals surface area contributed by atoms with E-state index in [1.807, 2.05) is 30.5 Å². The third kappa shape index (κ3) is 4.31. The van der Waals surface area contributed by atoms with E-state index in [-0.39, 0.29) is 6.04 Å². The van der Waals surface area contributed by atoms with Gasteiger partial charge < -0.3 is 9.59 Å². The molecule has 4 aromatic rings. The molecule has 2 bridgehead atoms. The standard InChI is InChI=1S/C32H33N2O/c35-32(29-17-19-33-30-14-8-7-13-28(29)30)31-21-26-18-20-34(31,22-25-11-5-2-6-12-25)23-27(26)16-15-24-9-3-1-4-10-24/h1-17,19,26-27,31-32,35H,18,20-23H2/q+1/b16-15+. The SMILES string of the molecule is OC(c1ccnc2ccccc12)C1CC2CC[N+]1(Cc1ccccc1)CC2/C=C/c1ccccc1. The molecule has 0 aliphatic carbocycles. The van der Waals surface area contributed by atoms with Gasteiger partial charge in [0, 0.05) is 35.9 Å². The molecule has 1 aromatic heterocycles. The lowest BCUT2D eigenvalue weighted by atomic mass is 9.70. The minimum absolute atomic E-state index is 0.182. The molecule has 1 N–H and O–H groups in total. The smallest absolute Gasteiger partial charge is 0.131 e. The normalized spacial score (nSPS) is 26.8. The van der Waals surface area contributed by atoms with Crippen molar-refractivity contribution in [2.45, 2.75) is 31.5 Å². The first kappa shape index (κ1) is 22.2. The van der Waals surface area contributed by atoms with Gasteiger partial charge in [0.1, 0.15) is 18.7 Å². The van der Waals surface area contributed by atoms with Gasteiger partial charge in [-0.25, -0.2) is 0 Å². The number of benzene rings is 3. The van der Waals surface area contributed by atoms with E-state index < -0.39 is 6.10 Å². The highest BCUT2D eigenvalue weighted by Gasteiger charge is 2.54. The third-order valence-corrected chi connectivity index (χ3v) is 8.41. The van der Waals surface area contributed by atoms with Crippen LogP contribution in [0.15, 0.2) is 103 Å². The molecule has 5 unspecified atom stereocenters. The average Bonchev–Trinajstić information content (AvgIpc) is 2.92. The van der Waals surface area contributed by atoms with Crippen molar-refractivity contribution in [3.05, 3.63) is 120 Å². The van der Waals surface area contributed by atoms with E-state index in [0.717, 1.165) is 47.0 Å². The molecule has 3 aliphatic rings. The first-order valence-electron chi connectivity index (χ1n) is 12.9. The molecule has 3 aromatic carbocycles. The Morgan fingerprint density at radius 1 is 0.914 bits per heavy atom. The average molecular weight is 462 g/mol. The predicted molar refractivity (Wildman–Crippen MR) is 142 cm³/mol. The largest absolute Gasteiger partial charge is 0.382 e. The van der Waals surface area contributed by atoms with Gasteiger partial charge in [-0.3, -0.25) is 4.98 Å². The fraction of sp³-hybridized carbons (Fsp3) is 0.281. The van der Waals surface area contributed by atoms with Crippen LogP contribution in [0.2, 0.25) is 0 Å². The van der Waals surface area contributed by atoms with Crippen LogP contribution in [0.25, 0.3) is 17.0 Å². The van der Waals surface area contributed by atoms with Crippen LogP contribution in [0, 0.1) is 11.8 Å². The molecule has 7 rings (SSSR count). The van der Waals surface area contributed by atoms with Gasteiger partial charge in [-0.05, 0) is 29.2 Å². The Labute approximate surface area is 208 Å². The van der Waals surface area contributed by atoms with Gasteiger partial charge in [0.2, 0.25) is 0 Å². The van der Waals surface area contributed by atoms with Crippen molar-refractivity contribution in [1.82, 2.24) is 4.98 Å². The van der Waals surface area contributed by atoms with E-state index in [0.29, 0.717) is 11.8 Å². The van der Waals surface area contributed by atoms with Crippen molar-refractivity contribution >= 4 is 17.0 Å². The summed E-state index contributed by atoms with van der Waals surface area (Å²) in [7, 11) is 0. The molecule has 3 aliphatic heterocycles. The number of rotatable bonds is 6. The Hall–Kier alpha value is -3.27. The molecule has 3 saturated heterocycles. The maximum absolute atomic E-state index is 11.9. The predicted octanol–water partition coefficient (Wildman–Crippen LogP) is 6.41. The number of aromatic nitrogens is 1. The van der Waals surface area contributed by atoms with Gasteiger partial charge in [-0.1, -0.05) is 91.0 Å². The Balaban J connectivity index is 1.36. The number of quaternary nitrogens is 1. The topological polar surface area (TPSA) is 33.1 Å². The fourth-order valence-corrected chi connectivity index (χ4v) is 6.66.